The molecule has 0 aromatic rings. The quantitative estimate of drug-likeness (QED) is 0.848. The summed E-state index contributed by atoms with van der Waals surface area (Å²) >= 11 is 0. The number of carbonyl (C=O) groups excluding carboxylic acids is 2. The van der Waals surface area contributed by atoms with Crippen molar-refractivity contribution in [2.24, 2.45) is 11.8 Å². The lowest BCUT2D eigenvalue weighted by Gasteiger charge is -2.43. The van der Waals surface area contributed by atoms with E-state index in [2.05, 4.69) is 19.2 Å². The largest absolute Gasteiger partial charge is 0.343 e. The molecule has 1 N–H and O–H groups in total. The van der Waals surface area contributed by atoms with Gasteiger partial charge in [-0.25, -0.2) is 0 Å². The first-order valence-corrected chi connectivity index (χ1v) is 7.63. The van der Waals surface area contributed by atoms with E-state index in [4.69, 9.17) is 0 Å². The molecule has 0 aromatic heterocycles. The van der Waals surface area contributed by atoms with Crippen molar-refractivity contribution in [3.8, 4) is 0 Å². The lowest BCUT2D eigenvalue weighted by molar-refractivity contribution is -0.152. The van der Waals surface area contributed by atoms with E-state index in [1.165, 1.54) is 6.42 Å². The zero-order valence-corrected chi connectivity index (χ0v) is 12.5. The lowest BCUT2D eigenvalue weighted by atomic mass is 9.91. The fraction of sp³-hybridized carbons (Fsp3) is 0.867. The van der Waals surface area contributed by atoms with Gasteiger partial charge in [0, 0.05) is 6.04 Å². The van der Waals surface area contributed by atoms with Crippen LogP contribution in [-0.2, 0) is 9.59 Å². The molecule has 19 heavy (non-hydrogen) atoms. The van der Waals surface area contributed by atoms with Crippen LogP contribution in [0.5, 0.6) is 0 Å². The average molecular weight is 266 g/mol. The number of hydrogen-bond donors (Lipinski definition) is 1. The number of rotatable bonds is 3. The van der Waals surface area contributed by atoms with Crippen LogP contribution in [-0.4, -0.2) is 34.8 Å². The fourth-order valence-corrected chi connectivity index (χ4v) is 3.84. The van der Waals surface area contributed by atoms with Gasteiger partial charge in [0.15, 0.2) is 0 Å². The molecule has 5 atom stereocenters. The van der Waals surface area contributed by atoms with Crippen LogP contribution in [0.25, 0.3) is 0 Å². The van der Waals surface area contributed by atoms with Gasteiger partial charge < -0.3 is 10.2 Å². The maximum Gasteiger partial charge on any atom is 0.245 e. The van der Waals surface area contributed by atoms with Gasteiger partial charge in [0.1, 0.15) is 12.1 Å². The highest BCUT2D eigenvalue weighted by molar-refractivity contribution is 5.96. The second kappa shape index (κ2) is 5.51. The van der Waals surface area contributed by atoms with E-state index in [1.807, 2.05) is 11.8 Å². The predicted molar refractivity (Wildman–Crippen MR) is 74.5 cm³/mol. The molecule has 2 amide bonds. The number of nitrogens with zero attached hydrogens (tertiary/aromatic N) is 1. The summed E-state index contributed by atoms with van der Waals surface area (Å²) < 4.78 is 0. The van der Waals surface area contributed by atoms with E-state index in [0.29, 0.717) is 18.3 Å². The zero-order valence-electron chi connectivity index (χ0n) is 12.5. The van der Waals surface area contributed by atoms with Crippen LogP contribution >= 0.6 is 0 Å². The van der Waals surface area contributed by atoms with E-state index in [-0.39, 0.29) is 29.9 Å². The summed E-state index contributed by atoms with van der Waals surface area (Å²) in [5.41, 5.74) is 0. The first-order chi connectivity index (χ1) is 9.01. The fourth-order valence-electron chi connectivity index (χ4n) is 3.84. The minimum Gasteiger partial charge on any atom is -0.343 e. The van der Waals surface area contributed by atoms with Crippen molar-refractivity contribution in [3.63, 3.8) is 0 Å². The van der Waals surface area contributed by atoms with E-state index >= 15 is 0 Å². The van der Waals surface area contributed by atoms with Gasteiger partial charge in [0.2, 0.25) is 11.8 Å². The molecule has 1 aliphatic heterocycles. The summed E-state index contributed by atoms with van der Waals surface area (Å²) in [5.74, 6) is 1.30. The standard InChI is InChI=1S/C15H26N2O2/c1-5-11-7-8-13(9(11)3)17-12(6-2)14(18)16-10(4)15(17)19/h9-13H,5-8H2,1-4H3,(H,16,18). The van der Waals surface area contributed by atoms with Crippen molar-refractivity contribution in [3.05, 3.63) is 0 Å². The molecular weight excluding hydrogens is 240 g/mol. The highest BCUT2D eigenvalue weighted by atomic mass is 16.2. The molecule has 4 nitrogen and oxygen atoms in total. The van der Waals surface area contributed by atoms with Gasteiger partial charge in [-0.2, -0.15) is 0 Å². The Hall–Kier alpha value is -1.06. The minimum absolute atomic E-state index is 0.0155. The Morgan fingerprint density at radius 2 is 1.84 bits per heavy atom. The molecule has 108 valence electrons. The molecule has 4 heteroatoms. The van der Waals surface area contributed by atoms with Crippen molar-refractivity contribution in [2.45, 2.75) is 71.5 Å². The Bertz CT molecular complexity index is 369. The first-order valence-electron chi connectivity index (χ1n) is 7.63. The summed E-state index contributed by atoms with van der Waals surface area (Å²) in [6, 6.07) is -0.397. The van der Waals surface area contributed by atoms with E-state index in [1.54, 1.807) is 6.92 Å². The number of piperazine rings is 1. The predicted octanol–water partition coefficient (Wildman–Crippen LogP) is 1.94. The highest BCUT2D eigenvalue weighted by Crippen LogP contribution is 2.38. The topological polar surface area (TPSA) is 49.4 Å². The average Bonchev–Trinajstić information content (AvgIpc) is 2.74. The van der Waals surface area contributed by atoms with Crippen molar-refractivity contribution in [1.29, 1.82) is 0 Å². The minimum atomic E-state index is -0.372. The highest BCUT2D eigenvalue weighted by Gasteiger charge is 2.45. The SMILES string of the molecule is CCC1CCC(N2C(=O)C(C)NC(=O)C2CC)C1C. The molecule has 2 rings (SSSR count). The molecule has 1 aliphatic carbocycles. The van der Waals surface area contributed by atoms with Gasteiger partial charge in [-0.05, 0) is 38.0 Å². The molecular formula is C15H26N2O2. The zero-order chi connectivity index (χ0) is 14.2. The third-order valence-electron chi connectivity index (χ3n) is 5.07. The Labute approximate surface area is 115 Å². The molecule has 2 aliphatic rings. The number of carbonyl (C=O) groups is 2. The van der Waals surface area contributed by atoms with Crippen molar-refractivity contribution in [1.82, 2.24) is 10.2 Å². The number of nitrogens with one attached hydrogen (secondary N) is 1. The Morgan fingerprint density at radius 3 is 2.37 bits per heavy atom. The van der Waals surface area contributed by atoms with Crippen LogP contribution in [0.2, 0.25) is 0 Å². The second-order valence-corrected chi connectivity index (χ2v) is 6.07. The number of amides is 2. The summed E-state index contributed by atoms with van der Waals surface area (Å²) in [5, 5.41) is 2.79. The third-order valence-corrected chi connectivity index (χ3v) is 5.07. The summed E-state index contributed by atoms with van der Waals surface area (Å²) in [7, 11) is 0. The van der Waals surface area contributed by atoms with Gasteiger partial charge >= 0.3 is 0 Å². The lowest BCUT2D eigenvalue weighted by Crippen LogP contribution is -2.65. The van der Waals surface area contributed by atoms with E-state index < -0.39 is 0 Å². The van der Waals surface area contributed by atoms with E-state index in [0.717, 1.165) is 12.8 Å². The van der Waals surface area contributed by atoms with Gasteiger partial charge in [0.25, 0.3) is 0 Å². The van der Waals surface area contributed by atoms with Gasteiger partial charge in [-0.1, -0.05) is 27.2 Å². The van der Waals surface area contributed by atoms with Crippen LogP contribution < -0.4 is 5.32 Å². The first kappa shape index (κ1) is 14.4. The van der Waals surface area contributed by atoms with E-state index in [9.17, 15) is 9.59 Å². The molecule has 2 fully saturated rings. The molecule has 5 unspecified atom stereocenters. The third kappa shape index (κ3) is 2.37. The molecule has 0 bridgehead atoms. The van der Waals surface area contributed by atoms with Crippen LogP contribution in [0, 0.1) is 11.8 Å². The summed E-state index contributed by atoms with van der Waals surface area (Å²) in [6.07, 6.45) is 4.09. The molecule has 1 heterocycles. The number of hydrogen-bond acceptors (Lipinski definition) is 2. The summed E-state index contributed by atoms with van der Waals surface area (Å²) in [6.45, 7) is 8.23. The monoisotopic (exact) mass is 266 g/mol. The Balaban J connectivity index is 2.24. The van der Waals surface area contributed by atoms with Crippen LogP contribution in [0.3, 0.4) is 0 Å². The van der Waals surface area contributed by atoms with Gasteiger partial charge in [-0.3, -0.25) is 9.59 Å². The normalized spacial score (nSPS) is 39.6. The molecule has 0 spiro atoms. The van der Waals surface area contributed by atoms with Crippen LogP contribution in [0.15, 0.2) is 0 Å². The van der Waals surface area contributed by atoms with Crippen LogP contribution in [0.1, 0.15) is 53.4 Å². The van der Waals surface area contributed by atoms with Crippen molar-refractivity contribution < 1.29 is 9.59 Å². The maximum atomic E-state index is 12.5. The van der Waals surface area contributed by atoms with Crippen molar-refractivity contribution >= 4 is 11.8 Å². The molecule has 0 aromatic carbocycles. The van der Waals surface area contributed by atoms with Gasteiger partial charge in [-0.15, -0.1) is 0 Å². The Kier molecular flexibility index (Phi) is 4.16. The molecule has 1 saturated carbocycles. The van der Waals surface area contributed by atoms with Crippen LogP contribution in [0.4, 0.5) is 0 Å². The molecule has 0 radical (unpaired) electrons. The second-order valence-electron chi connectivity index (χ2n) is 6.07. The summed E-state index contributed by atoms with van der Waals surface area (Å²) in [4.78, 5) is 26.5. The Morgan fingerprint density at radius 1 is 1.16 bits per heavy atom. The van der Waals surface area contributed by atoms with Crippen molar-refractivity contribution in [2.75, 3.05) is 0 Å². The van der Waals surface area contributed by atoms with Gasteiger partial charge in [0.05, 0.1) is 0 Å². The molecule has 1 saturated heterocycles. The smallest absolute Gasteiger partial charge is 0.245 e. The maximum absolute atomic E-state index is 12.5.